The van der Waals surface area contributed by atoms with Crippen molar-refractivity contribution in [1.82, 2.24) is 0 Å². The van der Waals surface area contributed by atoms with Crippen molar-refractivity contribution in [3.8, 4) is 17.2 Å². The van der Waals surface area contributed by atoms with E-state index >= 15 is 0 Å². The summed E-state index contributed by atoms with van der Waals surface area (Å²) in [4.78, 5) is 14.2. The van der Waals surface area contributed by atoms with Crippen molar-refractivity contribution in [1.29, 1.82) is 0 Å². The summed E-state index contributed by atoms with van der Waals surface area (Å²) >= 11 is 7.91. The zero-order valence-electron chi connectivity index (χ0n) is 15.0. The van der Waals surface area contributed by atoms with Gasteiger partial charge in [-0.1, -0.05) is 30.6 Å². The van der Waals surface area contributed by atoms with Crippen LogP contribution in [0, 0.1) is 5.92 Å². The molecule has 0 amide bonds. The Morgan fingerprint density at radius 1 is 1.42 bits per heavy atom. The van der Waals surface area contributed by atoms with Gasteiger partial charge in [0.25, 0.3) is 0 Å². The minimum absolute atomic E-state index is 0.203. The maximum atomic E-state index is 13.5. The van der Waals surface area contributed by atoms with Crippen LogP contribution in [0.25, 0.3) is 0 Å². The highest BCUT2D eigenvalue weighted by atomic mass is 35.5. The first-order valence-corrected chi connectivity index (χ1v) is 9.55. The molecule has 8 heteroatoms. The highest BCUT2D eigenvalue weighted by Gasteiger charge is 2.58. The largest absolute Gasteiger partial charge is 0.496 e. The molecule has 0 bridgehead atoms. The number of ether oxygens (including phenoxy) is 3. The minimum Gasteiger partial charge on any atom is -0.496 e. The number of nitrogens with zero attached hydrogens (tertiary/aromatic N) is 1. The van der Waals surface area contributed by atoms with Crippen molar-refractivity contribution in [3.63, 3.8) is 0 Å². The van der Waals surface area contributed by atoms with Crippen LogP contribution in [0.1, 0.15) is 30.6 Å². The van der Waals surface area contributed by atoms with Crippen LogP contribution in [-0.2, 0) is 0 Å². The topological polar surface area (TPSA) is 77.4 Å². The molecule has 1 aliphatic carbocycles. The number of carbonyl (C=O) groups excluding carboxylic acids is 1. The van der Waals surface area contributed by atoms with Crippen molar-refractivity contribution in [3.05, 3.63) is 27.6 Å². The Bertz CT molecular complexity index is 822. The molecule has 140 valence electrons. The van der Waals surface area contributed by atoms with E-state index in [0.29, 0.717) is 34.1 Å². The van der Waals surface area contributed by atoms with Crippen molar-refractivity contribution >= 4 is 34.9 Å². The molecule has 2 atom stereocenters. The average Bonchev–Trinajstić information content (AvgIpc) is 2.95. The maximum absolute atomic E-state index is 13.5. The van der Waals surface area contributed by atoms with Crippen molar-refractivity contribution in [2.24, 2.45) is 11.1 Å². The van der Waals surface area contributed by atoms with Gasteiger partial charge in [-0.05, 0) is 11.8 Å². The number of thioether (sulfide) groups is 1. The molecule has 1 aliphatic heterocycles. The van der Waals surface area contributed by atoms with Gasteiger partial charge in [0.1, 0.15) is 22.1 Å². The van der Waals surface area contributed by atoms with E-state index < -0.39 is 5.60 Å². The van der Waals surface area contributed by atoms with E-state index in [0.717, 1.165) is 5.75 Å². The van der Waals surface area contributed by atoms with E-state index in [2.05, 4.69) is 5.16 Å². The lowest BCUT2D eigenvalue weighted by atomic mass is 9.76. The summed E-state index contributed by atoms with van der Waals surface area (Å²) in [5.41, 5.74) is -0.375. The Morgan fingerprint density at radius 3 is 2.69 bits per heavy atom. The number of hydrogen-bond donors (Lipinski definition) is 1. The third kappa shape index (κ3) is 2.56. The molecule has 3 rings (SSSR count). The van der Waals surface area contributed by atoms with E-state index in [9.17, 15) is 10.0 Å². The zero-order valence-corrected chi connectivity index (χ0v) is 16.5. The highest BCUT2D eigenvalue weighted by Crippen LogP contribution is 2.56. The number of rotatable bonds is 4. The number of hydrogen-bond acceptors (Lipinski definition) is 7. The summed E-state index contributed by atoms with van der Waals surface area (Å²) in [6, 6.07) is 1.59. The lowest BCUT2D eigenvalue weighted by molar-refractivity contribution is 0.0525. The number of Topliss-reactive ketones (excluding diaryl/α,β-unsaturated/α-hetero) is 1. The van der Waals surface area contributed by atoms with Crippen LogP contribution < -0.4 is 14.2 Å². The third-order valence-electron chi connectivity index (χ3n) is 4.72. The van der Waals surface area contributed by atoms with Crippen molar-refractivity contribution in [2.75, 3.05) is 20.0 Å². The first-order chi connectivity index (χ1) is 12.4. The molecule has 2 unspecified atom stereocenters. The quantitative estimate of drug-likeness (QED) is 0.606. The number of fused-ring (bicyclic) bond motifs is 1. The SMILES string of the molecule is CCSC1=C/C(=N/O)CC(C)C12Oc1c(Cl)c(OC)cc(OC)c1C2=O. The van der Waals surface area contributed by atoms with Crippen LogP contribution in [0.3, 0.4) is 0 Å². The van der Waals surface area contributed by atoms with Crippen LogP contribution in [-0.4, -0.2) is 42.3 Å². The monoisotopic (exact) mass is 397 g/mol. The van der Waals surface area contributed by atoms with Crippen LogP contribution in [0.2, 0.25) is 5.02 Å². The van der Waals surface area contributed by atoms with Gasteiger partial charge in [-0.15, -0.1) is 11.8 Å². The second-order valence-electron chi connectivity index (χ2n) is 6.10. The van der Waals surface area contributed by atoms with Gasteiger partial charge in [-0.25, -0.2) is 0 Å². The fraction of sp³-hybridized carbons (Fsp3) is 0.444. The van der Waals surface area contributed by atoms with E-state index in [1.807, 2.05) is 13.8 Å². The molecule has 0 saturated carbocycles. The standard InChI is InChI=1S/C18H20ClNO5S/c1-5-26-13-7-10(20-22)6-9(2)18(13)17(21)14-11(23-3)8-12(24-4)15(19)16(14)25-18/h7-9,22H,5-6H2,1-4H3/b20-10+. The molecule has 26 heavy (non-hydrogen) atoms. The van der Waals surface area contributed by atoms with E-state index in [1.165, 1.54) is 26.0 Å². The fourth-order valence-corrected chi connectivity index (χ4v) is 4.83. The molecule has 1 spiro atoms. The average molecular weight is 398 g/mol. The molecular formula is C18H20ClNO5S. The molecule has 6 nitrogen and oxygen atoms in total. The lowest BCUT2D eigenvalue weighted by Crippen LogP contribution is -2.50. The number of halogens is 1. The Hall–Kier alpha value is -1.86. The molecule has 2 aliphatic rings. The maximum Gasteiger partial charge on any atom is 0.219 e. The van der Waals surface area contributed by atoms with Gasteiger partial charge >= 0.3 is 0 Å². The van der Waals surface area contributed by atoms with E-state index in [-0.39, 0.29) is 22.5 Å². The summed E-state index contributed by atoms with van der Waals surface area (Å²) in [6.07, 6.45) is 2.12. The molecule has 1 heterocycles. The van der Waals surface area contributed by atoms with Gasteiger partial charge in [0.05, 0.1) is 19.9 Å². The van der Waals surface area contributed by atoms with Crippen LogP contribution >= 0.6 is 23.4 Å². The van der Waals surface area contributed by atoms with Crippen LogP contribution in [0.4, 0.5) is 0 Å². The lowest BCUT2D eigenvalue weighted by Gasteiger charge is -2.38. The number of benzene rings is 1. The van der Waals surface area contributed by atoms with E-state index in [1.54, 1.807) is 12.1 Å². The molecular weight excluding hydrogens is 378 g/mol. The number of carbonyl (C=O) groups is 1. The Kier molecular flexibility index (Phi) is 5.12. The first-order valence-electron chi connectivity index (χ1n) is 8.18. The predicted octanol–water partition coefficient (Wildman–Crippen LogP) is 4.18. The zero-order chi connectivity index (χ0) is 19.1. The van der Waals surface area contributed by atoms with Crippen LogP contribution in [0.15, 0.2) is 22.2 Å². The van der Waals surface area contributed by atoms with Crippen molar-refractivity contribution in [2.45, 2.75) is 25.9 Å². The van der Waals surface area contributed by atoms with Gasteiger partial charge in [-0.2, -0.15) is 0 Å². The van der Waals surface area contributed by atoms with Gasteiger partial charge in [0, 0.05) is 23.3 Å². The molecule has 0 fully saturated rings. The molecule has 0 saturated heterocycles. The number of allylic oxidation sites excluding steroid dienone is 1. The van der Waals surface area contributed by atoms with Gasteiger partial charge in [-0.3, -0.25) is 4.79 Å². The Morgan fingerprint density at radius 2 is 2.12 bits per heavy atom. The van der Waals surface area contributed by atoms with Crippen molar-refractivity contribution < 1.29 is 24.2 Å². The Labute approximate surface area is 161 Å². The second-order valence-corrected chi connectivity index (χ2v) is 7.79. The first kappa shape index (κ1) is 18.9. The van der Waals surface area contributed by atoms with Gasteiger partial charge < -0.3 is 19.4 Å². The summed E-state index contributed by atoms with van der Waals surface area (Å²) in [7, 11) is 2.98. The summed E-state index contributed by atoms with van der Waals surface area (Å²) in [5.74, 6) is 1.29. The molecule has 1 aromatic carbocycles. The summed E-state index contributed by atoms with van der Waals surface area (Å²) < 4.78 is 17.0. The number of ketones is 1. The number of methoxy groups -OCH3 is 2. The van der Waals surface area contributed by atoms with E-state index in [4.69, 9.17) is 25.8 Å². The number of oxime groups is 1. The molecule has 1 N–H and O–H groups in total. The molecule has 0 aromatic heterocycles. The van der Waals surface area contributed by atoms with Gasteiger partial charge in [0.15, 0.2) is 5.75 Å². The second kappa shape index (κ2) is 7.04. The molecule has 1 aromatic rings. The molecule has 0 radical (unpaired) electrons. The minimum atomic E-state index is -1.21. The van der Waals surface area contributed by atoms with Crippen LogP contribution in [0.5, 0.6) is 17.2 Å². The third-order valence-corrected chi connectivity index (χ3v) is 6.10. The Balaban J connectivity index is 2.24. The summed E-state index contributed by atoms with van der Waals surface area (Å²) in [6.45, 7) is 3.88. The predicted molar refractivity (Wildman–Crippen MR) is 101 cm³/mol. The smallest absolute Gasteiger partial charge is 0.219 e. The summed E-state index contributed by atoms with van der Waals surface area (Å²) in [5, 5.41) is 12.8. The highest BCUT2D eigenvalue weighted by molar-refractivity contribution is 8.03. The van der Waals surface area contributed by atoms with Gasteiger partial charge in [0.2, 0.25) is 11.4 Å². The normalized spacial score (nSPS) is 25.9. The fourth-order valence-electron chi connectivity index (χ4n) is 3.48.